The van der Waals surface area contributed by atoms with Crippen LogP contribution in [0.2, 0.25) is 0 Å². The van der Waals surface area contributed by atoms with Crippen LogP contribution in [0.3, 0.4) is 0 Å². The lowest BCUT2D eigenvalue weighted by molar-refractivity contribution is -0.138. The molecule has 1 saturated heterocycles. The van der Waals surface area contributed by atoms with Gasteiger partial charge < -0.3 is 10.4 Å². The summed E-state index contributed by atoms with van der Waals surface area (Å²) in [5.74, 6) is -1.89. The average molecular weight is 565 g/mol. The Morgan fingerprint density at radius 2 is 1.74 bits per heavy atom. The van der Waals surface area contributed by atoms with Crippen molar-refractivity contribution >= 4 is 24.3 Å². The number of carbonyl (C=O) groups is 2. The van der Waals surface area contributed by atoms with E-state index in [0.717, 1.165) is 18.9 Å². The highest BCUT2D eigenvalue weighted by Crippen LogP contribution is 2.40. The topological polar surface area (TPSA) is 87.5 Å². The fourth-order valence-corrected chi connectivity index (χ4v) is 5.10. The first-order valence-corrected chi connectivity index (χ1v) is 12.3. The number of hydrogen-bond donors (Lipinski definition) is 2. The number of benzene rings is 1. The number of aliphatic carboxylic acids is 1. The fourth-order valence-electron chi connectivity index (χ4n) is 5.10. The molecule has 2 aliphatic rings. The number of amides is 1. The van der Waals surface area contributed by atoms with Gasteiger partial charge in [-0.1, -0.05) is 31.0 Å². The molecule has 0 spiro atoms. The zero-order valence-corrected chi connectivity index (χ0v) is 21.3. The van der Waals surface area contributed by atoms with Crippen molar-refractivity contribution in [2.24, 2.45) is 0 Å². The normalized spacial score (nSPS) is 21.3. The zero-order chi connectivity index (χ0) is 26.7. The molecule has 2 heterocycles. The number of nitrogens with one attached hydrogen (secondary N) is 1. The standard InChI is InChI=1S/C25H29F5N4O3.ClH/c26-19-13-33(14-20(19)27)10-9-15(11-23(35)36)31-24(37)21-12-22(34(32-21)16-5-1-2-6-16)17-7-3-4-8-18(17)25(28,29)30;/h3-4,7-8,12,15-16,19-20H,1-2,5-6,9-11,13-14H2,(H,31,37)(H,35,36);1H/t15-,19-,20+;/m0./s1. The Hall–Kier alpha value is -2.73. The second kappa shape index (κ2) is 12.4. The van der Waals surface area contributed by atoms with Gasteiger partial charge in [-0.25, -0.2) is 8.78 Å². The van der Waals surface area contributed by atoms with Crippen LogP contribution in [0, 0.1) is 0 Å². The third-order valence-corrected chi connectivity index (χ3v) is 6.96. The fraction of sp³-hybridized carbons (Fsp3) is 0.560. The van der Waals surface area contributed by atoms with Crippen LogP contribution in [-0.2, 0) is 11.0 Å². The van der Waals surface area contributed by atoms with Crippen molar-refractivity contribution in [2.75, 3.05) is 19.6 Å². The first kappa shape index (κ1) is 29.8. The minimum Gasteiger partial charge on any atom is -0.481 e. The van der Waals surface area contributed by atoms with Crippen LogP contribution in [0.4, 0.5) is 22.0 Å². The minimum absolute atomic E-state index is 0. The second-order valence-electron chi connectivity index (χ2n) is 9.69. The molecule has 0 radical (unpaired) electrons. The Kier molecular flexibility index (Phi) is 9.74. The molecule has 2 aromatic rings. The van der Waals surface area contributed by atoms with Crippen molar-refractivity contribution in [2.45, 2.75) is 69.1 Å². The van der Waals surface area contributed by atoms with Crippen LogP contribution in [0.5, 0.6) is 0 Å². The summed E-state index contributed by atoms with van der Waals surface area (Å²) in [5.41, 5.74) is -0.887. The molecule has 1 aliphatic carbocycles. The predicted molar refractivity (Wildman–Crippen MR) is 132 cm³/mol. The van der Waals surface area contributed by atoms with Gasteiger partial charge in [0.05, 0.1) is 23.7 Å². The van der Waals surface area contributed by atoms with E-state index in [-0.39, 0.29) is 61.5 Å². The van der Waals surface area contributed by atoms with Crippen LogP contribution in [0.25, 0.3) is 11.3 Å². The van der Waals surface area contributed by atoms with Gasteiger partial charge in [0.25, 0.3) is 5.91 Å². The number of halogens is 6. The molecule has 1 amide bonds. The lowest BCUT2D eigenvalue weighted by Crippen LogP contribution is -2.39. The number of carboxylic acids is 1. The summed E-state index contributed by atoms with van der Waals surface area (Å²) in [6, 6.07) is 5.39. The van der Waals surface area contributed by atoms with Crippen molar-refractivity contribution < 1.29 is 36.6 Å². The molecular weight excluding hydrogens is 535 g/mol. The van der Waals surface area contributed by atoms with E-state index in [1.54, 1.807) is 0 Å². The van der Waals surface area contributed by atoms with Crippen molar-refractivity contribution in [1.82, 2.24) is 20.0 Å². The molecule has 2 fully saturated rings. The van der Waals surface area contributed by atoms with Crippen molar-refractivity contribution in [3.63, 3.8) is 0 Å². The van der Waals surface area contributed by atoms with Gasteiger partial charge in [0.1, 0.15) is 12.3 Å². The number of carbonyl (C=O) groups excluding carboxylic acids is 1. The molecule has 1 aromatic carbocycles. The van der Waals surface area contributed by atoms with E-state index in [1.807, 2.05) is 0 Å². The highest BCUT2D eigenvalue weighted by molar-refractivity contribution is 5.94. The van der Waals surface area contributed by atoms with Crippen molar-refractivity contribution in [3.05, 3.63) is 41.6 Å². The van der Waals surface area contributed by atoms with Crippen LogP contribution in [0.15, 0.2) is 30.3 Å². The Bertz CT molecular complexity index is 1110. The SMILES string of the molecule is Cl.O=C(O)C[C@H](CCN1C[C@@H](F)[C@@H](F)C1)NC(=O)c1cc(-c2ccccc2C(F)(F)F)n(C2CCCC2)n1. The molecule has 38 heavy (non-hydrogen) atoms. The van der Waals surface area contributed by atoms with E-state index in [2.05, 4.69) is 10.4 Å². The number of hydrogen-bond acceptors (Lipinski definition) is 4. The monoisotopic (exact) mass is 564 g/mol. The quantitative estimate of drug-likeness (QED) is 0.416. The maximum atomic E-state index is 13.7. The van der Waals surface area contributed by atoms with Gasteiger partial charge in [0, 0.05) is 31.2 Å². The summed E-state index contributed by atoms with van der Waals surface area (Å²) in [4.78, 5) is 26.0. The Labute approximate surface area is 222 Å². The first-order valence-electron chi connectivity index (χ1n) is 12.3. The van der Waals surface area contributed by atoms with E-state index in [1.165, 1.54) is 33.8 Å². The largest absolute Gasteiger partial charge is 0.481 e. The van der Waals surface area contributed by atoms with Crippen LogP contribution in [-0.4, -0.2) is 69.7 Å². The molecule has 7 nitrogen and oxygen atoms in total. The van der Waals surface area contributed by atoms with Crippen LogP contribution < -0.4 is 5.32 Å². The van der Waals surface area contributed by atoms with Gasteiger partial charge in [-0.15, -0.1) is 12.4 Å². The summed E-state index contributed by atoms with van der Waals surface area (Å²) in [6.07, 6.45) is -4.90. The molecule has 210 valence electrons. The number of carboxylic acid groups (broad SMARTS) is 1. The summed E-state index contributed by atoms with van der Waals surface area (Å²) >= 11 is 0. The molecule has 1 aliphatic heterocycles. The van der Waals surface area contributed by atoms with Crippen LogP contribution >= 0.6 is 12.4 Å². The zero-order valence-electron chi connectivity index (χ0n) is 20.5. The Balaban J connectivity index is 0.00000400. The average Bonchev–Trinajstić information content (AvgIpc) is 3.57. The summed E-state index contributed by atoms with van der Waals surface area (Å²) in [5, 5.41) is 16.2. The number of likely N-dealkylation sites (tertiary alicyclic amines) is 1. The van der Waals surface area contributed by atoms with E-state index in [9.17, 15) is 36.6 Å². The molecule has 2 N–H and O–H groups in total. The van der Waals surface area contributed by atoms with Crippen molar-refractivity contribution in [3.8, 4) is 11.3 Å². The first-order chi connectivity index (χ1) is 17.5. The van der Waals surface area contributed by atoms with E-state index in [4.69, 9.17) is 0 Å². The molecular formula is C25H30ClF5N4O3. The molecule has 13 heteroatoms. The lowest BCUT2D eigenvalue weighted by Gasteiger charge is -2.20. The van der Waals surface area contributed by atoms with E-state index in [0.29, 0.717) is 12.8 Å². The number of aromatic nitrogens is 2. The van der Waals surface area contributed by atoms with Crippen LogP contribution in [0.1, 0.15) is 60.6 Å². The van der Waals surface area contributed by atoms with Gasteiger partial charge in [-0.2, -0.15) is 18.3 Å². The maximum absolute atomic E-state index is 13.7. The second-order valence-corrected chi connectivity index (χ2v) is 9.69. The molecule has 1 saturated carbocycles. The van der Waals surface area contributed by atoms with Gasteiger partial charge >= 0.3 is 12.1 Å². The third kappa shape index (κ3) is 7.02. The smallest absolute Gasteiger partial charge is 0.417 e. The highest BCUT2D eigenvalue weighted by atomic mass is 35.5. The minimum atomic E-state index is -4.61. The van der Waals surface area contributed by atoms with Gasteiger partial charge in [-0.05, 0) is 31.4 Å². The lowest BCUT2D eigenvalue weighted by atomic mass is 10.0. The molecule has 3 atom stereocenters. The molecule has 1 aromatic heterocycles. The summed E-state index contributed by atoms with van der Waals surface area (Å²) < 4.78 is 69.7. The summed E-state index contributed by atoms with van der Waals surface area (Å²) in [7, 11) is 0. The van der Waals surface area contributed by atoms with E-state index >= 15 is 0 Å². The summed E-state index contributed by atoms with van der Waals surface area (Å²) in [6.45, 7) is -0.0366. The number of rotatable bonds is 9. The maximum Gasteiger partial charge on any atom is 0.417 e. The number of nitrogens with zero attached hydrogens (tertiary/aromatic N) is 3. The number of alkyl halides is 5. The molecule has 4 rings (SSSR count). The van der Waals surface area contributed by atoms with Gasteiger partial charge in [-0.3, -0.25) is 19.2 Å². The predicted octanol–water partition coefficient (Wildman–Crippen LogP) is 5.06. The van der Waals surface area contributed by atoms with Gasteiger partial charge in [0.2, 0.25) is 0 Å². The Morgan fingerprint density at radius 3 is 2.34 bits per heavy atom. The molecule has 0 unspecified atom stereocenters. The van der Waals surface area contributed by atoms with Gasteiger partial charge in [0.15, 0.2) is 5.69 Å². The van der Waals surface area contributed by atoms with E-state index < -0.39 is 48.4 Å². The highest BCUT2D eigenvalue weighted by Gasteiger charge is 2.36. The Morgan fingerprint density at radius 1 is 1.11 bits per heavy atom. The molecule has 0 bridgehead atoms. The third-order valence-electron chi connectivity index (χ3n) is 6.96. The van der Waals surface area contributed by atoms with Crippen molar-refractivity contribution in [1.29, 1.82) is 0 Å².